The van der Waals surface area contributed by atoms with Crippen molar-refractivity contribution >= 4 is 28.5 Å². The van der Waals surface area contributed by atoms with E-state index in [0.29, 0.717) is 5.91 Å². The van der Waals surface area contributed by atoms with Crippen LogP contribution in [0, 0.1) is 5.92 Å². The molecule has 1 aromatic heterocycles. The van der Waals surface area contributed by atoms with Crippen LogP contribution in [0.1, 0.15) is 43.5 Å². The Morgan fingerprint density at radius 3 is 2.53 bits per heavy atom. The Morgan fingerprint density at radius 2 is 1.72 bits per heavy atom. The van der Waals surface area contributed by atoms with Crippen LogP contribution in [-0.2, 0) is 17.9 Å². The average Bonchev–Trinajstić information content (AvgIpc) is 3.17. The van der Waals surface area contributed by atoms with Gasteiger partial charge in [0.2, 0.25) is 5.91 Å². The van der Waals surface area contributed by atoms with E-state index < -0.39 is 0 Å². The lowest BCUT2D eigenvalue weighted by Gasteiger charge is -2.36. The zero-order chi connectivity index (χ0) is 21.9. The summed E-state index contributed by atoms with van der Waals surface area (Å²) in [5, 5.41) is 0.752. The van der Waals surface area contributed by atoms with Gasteiger partial charge in [0, 0.05) is 31.2 Å². The van der Waals surface area contributed by atoms with E-state index in [2.05, 4.69) is 44.7 Å². The molecule has 0 spiro atoms. The quantitative estimate of drug-likeness (QED) is 0.551. The van der Waals surface area contributed by atoms with Gasteiger partial charge in [-0.05, 0) is 68.5 Å². The second kappa shape index (κ2) is 9.63. The monoisotopic (exact) mass is 450 g/mol. The number of benzene rings is 2. The van der Waals surface area contributed by atoms with Crippen molar-refractivity contribution in [2.75, 3.05) is 26.2 Å². The molecule has 3 heterocycles. The van der Waals surface area contributed by atoms with E-state index in [-0.39, 0.29) is 5.92 Å². The molecule has 0 saturated carbocycles. The number of imidazole rings is 1. The Morgan fingerprint density at radius 1 is 0.938 bits per heavy atom. The molecule has 32 heavy (non-hydrogen) atoms. The molecule has 3 aromatic rings. The third-order valence-corrected chi connectivity index (χ3v) is 7.13. The van der Waals surface area contributed by atoms with Gasteiger partial charge in [-0.1, -0.05) is 35.9 Å². The van der Waals surface area contributed by atoms with Crippen LogP contribution in [0.3, 0.4) is 0 Å². The van der Waals surface area contributed by atoms with Crippen molar-refractivity contribution < 1.29 is 4.79 Å². The fourth-order valence-corrected chi connectivity index (χ4v) is 5.29. The Labute approximate surface area is 195 Å². The van der Waals surface area contributed by atoms with Crippen LogP contribution in [-0.4, -0.2) is 51.4 Å². The minimum atomic E-state index is 0.121. The smallest absolute Gasteiger partial charge is 0.226 e. The van der Waals surface area contributed by atoms with E-state index in [1.54, 1.807) is 0 Å². The van der Waals surface area contributed by atoms with Gasteiger partial charge in [-0.25, -0.2) is 4.98 Å². The van der Waals surface area contributed by atoms with Crippen LogP contribution in [0.5, 0.6) is 0 Å². The molecule has 6 heteroatoms. The predicted octanol–water partition coefficient (Wildman–Crippen LogP) is 4.96. The maximum atomic E-state index is 13.1. The van der Waals surface area contributed by atoms with Gasteiger partial charge >= 0.3 is 0 Å². The molecule has 0 N–H and O–H groups in total. The van der Waals surface area contributed by atoms with Crippen molar-refractivity contribution in [2.45, 2.75) is 45.2 Å². The Bertz CT molecular complexity index is 1070. The summed E-state index contributed by atoms with van der Waals surface area (Å²) in [5.74, 6) is 1.55. The summed E-state index contributed by atoms with van der Waals surface area (Å²) in [6.45, 7) is 5.26. The van der Waals surface area contributed by atoms with Gasteiger partial charge in [-0.2, -0.15) is 0 Å². The number of carbonyl (C=O) groups is 1. The van der Waals surface area contributed by atoms with E-state index in [1.165, 1.54) is 12.0 Å². The third kappa shape index (κ3) is 4.69. The van der Waals surface area contributed by atoms with E-state index in [9.17, 15) is 4.79 Å². The molecule has 168 valence electrons. The summed E-state index contributed by atoms with van der Waals surface area (Å²) in [6, 6.07) is 16.4. The molecule has 0 unspecified atom stereocenters. The van der Waals surface area contributed by atoms with Crippen molar-refractivity contribution in [3.05, 3.63) is 64.9 Å². The molecular weight excluding hydrogens is 420 g/mol. The van der Waals surface area contributed by atoms with E-state index in [4.69, 9.17) is 16.6 Å². The first-order valence-electron chi connectivity index (χ1n) is 11.9. The largest absolute Gasteiger partial charge is 0.342 e. The highest BCUT2D eigenvalue weighted by molar-refractivity contribution is 6.30. The highest BCUT2D eigenvalue weighted by Crippen LogP contribution is 2.25. The number of aromatic nitrogens is 2. The maximum Gasteiger partial charge on any atom is 0.226 e. The van der Waals surface area contributed by atoms with Gasteiger partial charge in [0.05, 0.1) is 23.5 Å². The molecule has 2 aliphatic heterocycles. The standard InChI is InChI=1S/C26H31ClN4O/c27-22-12-10-20(11-13-22)17-31-24-9-3-2-8-23(24)28-25(31)19-29-14-6-7-21(18-29)26(32)30-15-4-1-5-16-30/h2-3,8-13,21H,1,4-7,14-19H2/t21-/m0/s1. The molecule has 5 nitrogen and oxygen atoms in total. The van der Waals surface area contributed by atoms with Crippen LogP contribution in [0.15, 0.2) is 48.5 Å². The summed E-state index contributed by atoms with van der Waals surface area (Å²) in [5.41, 5.74) is 3.38. The Kier molecular flexibility index (Phi) is 6.47. The summed E-state index contributed by atoms with van der Waals surface area (Å²) < 4.78 is 2.31. The van der Waals surface area contributed by atoms with Crippen molar-refractivity contribution in [3.8, 4) is 0 Å². The van der Waals surface area contributed by atoms with Crippen LogP contribution in [0.4, 0.5) is 0 Å². The first-order chi connectivity index (χ1) is 15.7. The second-order valence-corrected chi connectivity index (χ2v) is 9.63. The summed E-state index contributed by atoms with van der Waals surface area (Å²) in [4.78, 5) is 22.6. The van der Waals surface area contributed by atoms with Gasteiger partial charge in [-0.3, -0.25) is 9.69 Å². The predicted molar refractivity (Wildman–Crippen MR) is 129 cm³/mol. The van der Waals surface area contributed by atoms with Crippen molar-refractivity contribution in [1.29, 1.82) is 0 Å². The van der Waals surface area contributed by atoms with Crippen molar-refractivity contribution in [3.63, 3.8) is 0 Å². The number of para-hydroxylation sites is 2. The molecule has 2 aliphatic rings. The summed E-state index contributed by atoms with van der Waals surface area (Å²) >= 11 is 6.09. The number of rotatable bonds is 5. The summed E-state index contributed by atoms with van der Waals surface area (Å²) in [6.07, 6.45) is 5.63. The van der Waals surface area contributed by atoms with E-state index >= 15 is 0 Å². The molecule has 5 rings (SSSR count). The fraction of sp³-hybridized carbons (Fsp3) is 0.462. The number of carbonyl (C=O) groups excluding carboxylic acids is 1. The van der Waals surface area contributed by atoms with Crippen LogP contribution < -0.4 is 0 Å². The van der Waals surface area contributed by atoms with Gasteiger partial charge < -0.3 is 9.47 Å². The minimum Gasteiger partial charge on any atom is -0.342 e. The normalized spacial score (nSPS) is 20.0. The molecule has 2 fully saturated rings. The zero-order valence-corrected chi connectivity index (χ0v) is 19.3. The maximum absolute atomic E-state index is 13.1. The third-order valence-electron chi connectivity index (χ3n) is 6.88. The molecular formula is C26H31ClN4O. The number of hydrogen-bond donors (Lipinski definition) is 0. The van der Waals surface area contributed by atoms with Crippen LogP contribution >= 0.6 is 11.6 Å². The molecule has 0 aliphatic carbocycles. The fourth-order valence-electron chi connectivity index (χ4n) is 5.17. The molecule has 1 amide bonds. The lowest BCUT2D eigenvalue weighted by Crippen LogP contribution is -2.46. The Balaban J connectivity index is 1.35. The average molecular weight is 451 g/mol. The first-order valence-corrected chi connectivity index (χ1v) is 12.2. The number of hydrogen-bond acceptors (Lipinski definition) is 3. The zero-order valence-electron chi connectivity index (χ0n) is 18.5. The molecule has 2 aromatic carbocycles. The second-order valence-electron chi connectivity index (χ2n) is 9.19. The van der Waals surface area contributed by atoms with Crippen LogP contribution in [0.2, 0.25) is 5.02 Å². The van der Waals surface area contributed by atoms with Crippen molar-refractivity contribution in [2.24, 2.45) is 5.92 Å². The van der Waals surface area contributed by atoms with Gasteiger partial charge in [0.1, 0.15) is 5.82 Å². The van der Waals surface area contributed by atoms with Crippen LogP contribution in [0.25, 0.3) is 11.0 Å². The molecule has 1 atom stereocenters. The van der Waals surface area contributed by atoms with Crippen molar-refractivity contribution in [1.82, 2.24) is 19.4 Å². The number of piperidine rings is 2. The highest BCUT2D eigenvalue weighted by Gasteiger charge is 2.30. The van der Waals surface area contributed by atoms with Gasteiger partial charge in [-0.15, -0.1) is 0 Å². The lowest BCUT2D eigenvalue weighted by molar-refractivity contribution is -0.138. The topological polar surface area (TPSA) is 41.4 Å². The molecule has 2 saturated heterocycles. The lowest BCUT2D eigenvalue weighted by atomic mass is 9.95. The molecule has 0 radical (unpaired) electrons. The van der Waals surface area contributed by atoms with E-state index in [1.807, 2.05) is 18.2 Å². The number of amides is 1. The minimum absolute atomic E-state index is 0.121. The van der Waals surface area contributed by atoms with Gasteiger partial charge in [0.25, 0.3) is 0 Å². The molecule has 0 bridgehead atoms. The first kappa shape index (κ1) is 21.5. The SMILES string of the molecule is O=C([C@H]1CCCN(Cc2nc3ccccc3n2Cc2ccc(Cl)cc2)C1)N1CCCCC1. The summed E-state index contributed by atoms with van der Waals surface area (Å²) in [7, 11) is 0. The Hall–Kier alpha value is -2.37. The van der Waals surface area contributed by atoms with E-state index in [0.717, 1.165) is 86.8 Å². The highest BCUT2D eigenvalue weighted by atomic mass is 35.5. The number of fused-ring (bicyclic) bond motifs is 1. The van der Waals surface area contributed by atoms with Gasteiger partial charge in [0.15, 0.2) is 0 Å². The number of halogens is 1. The number of nitrogens with zero attached hydrogens (tertiary/aromatic N) is 4. The number of likely N-dealkylation sites (tertiary alicyclic amines) is 2.